The Hall–Kier alpha value is -3.42. The molecule has 8 unspecified atom stereocenters. The summed E-state index contributed by atoms with van der Waals surface area (Å²) in [4.78, 5) is 26.4. The fourth-order valence-corrected chi connectivity index (χ4v) is 7.97. The third-order valence-electron chi connectivity index (χ3n) is 12.4. The molecule has 1 rings (SSSR count). The average Bonchev–Trinajstić information content (AvgIpc) is 3.36. The number of hydrogen-bond donors (Lipinski definition) is 6. The van der Waals surface area contributed by atoms with Crippen molar-refractivity contribution in [2.75, 3.05) is 13.2 Å². The standard InChI is InChI=1S/C59H99NO10/c1-4-7-10-13-16-19-22-25-26-27-29-31-34-37-40-43-46-52(63)58(67)60-50(51(62)45-42-39-36-33-30-24-21-18-15-12-9-6-3)49-68-59-57(56(66)55(65)53(48-61)69-59)70-54(64)47-44-41-38-35-32-28-23-20-17-14-11-8-5-2/h7,10,13,16,19,22,25-29,31-32,34,42,45,50-53,55-57,59,61-63,65-66H,4-6,8-9,11-12,14-15,17-18,20-21,23-24,30,33,35-41,43-44,46-49H2,1-3H3,(H,60,67)/b10-7-,16-13+,22-19+,26-25-,29-27+,32-28-,34-31+,45-42+. The van der Waals surface area contributed by atoms with Gasteiger partial charge in [0, 0.05) is 6.42 Å². The van der Waals surface area contributed by atoms with E-state index in [1.54, 1.807) is 6.08 Å². The van der Waals surface area contributed by atoms with Crippen molar-refractivity contribution < 1.29 is 49.3 Å². The smallest absolute Gasteiger partial charge is 0.306 e. The first-order chi connectivity index (χ1) is 34.2. The van der Waals surface area contributed by atoms with Crippen LogP contribution in [0.5, 0.6) is 0 Å². The van der Waals surface area contributed by atoms with Gasteiger partial charge in [-0.05, 0) is 70.6 Å². The molecule has 11 nitrogen and oxygen atoms in total. The molecular weight excluding hydrogens is 883 g/mol. The summed E-state index contributed by atoms with van der Waals surface area (Å²) in [6, 6.07) is -1.05. The molecule has 0 aromatic carbocycles. The number of carbonyl (C=O) groups excluding carboxylic acids is 2. The van der Waals surface area contributed by atoms with Crippen molar-refractivity contribution in [3.63, 3.8) is 0 Å². The maximum Gasteiger partial charge on any atom is 0.306 e. The zero-order chi connectivity index (χ0) is 51.1. The third-order valence-corrected chi connectivity index (χ3v) is 12.4. The zero-order valence-electron chi connectivity index (χ0n) is 43.8. The Morgan fingerprint density at radius 2 is 1.04 bits per heavy atom. The molecule has 0 bridgehead atoms. The summed E-state index contributed by atoms with van der Waals surface area (Å²) in [7, 11) is 0. The van der Waals surface area contributed by atoms with E-state index in [1.807, 2.05) is 72.9 Å². The summed E-state index contributed by atoms with van der Waals surface area (Å²) in [5, 5.41) is 56.7. The van der Waals surface area contributed by atoms with Gasteiger partial charge < -0.3 is 45.1 Å². The number of unbranched alkanes of at least 4 members (excludes halogenated alkanes) is 21. The highest BCUT2D eigenvalue weighted by Crippen LogP contribution is 2.26. The fourth-order valence-electron chi connectivity index (χ4n) is 7.97. The van der Waals surface area contributed by atoms with Crippen LogP contribution < -0.4 is 5.32 Å². The Kier molecular flexibility index (Phi) is 43.0. The van der Waals surface area contributed by atoms with Crippen LogP contribution in [-0.2, 0) is 23.8 Å². The predicted molar refractivity (Wildman–Crippen MR) is 287 cm³/mol. The van der Waals surface area contributed by atoms with Crippen LogP contribution in [0.25, 0.3) is 0 Å². The molecule has 0 spiro atoms. The second kappa shape index (κ2) is 46.6. The molecule has 1 aliphatic rings. The number of ether oxygens (including phenoxy) is 3. The lowest BCUT2D eigenvalue weighted by Gasteiger charge is -2.41. The Morgan fingerprint density at radius 1 is 0.571 bits per heavy atom. The molecule has 1 heterocycles. The van der Waals surface area contributed by atoms with Crippen LogP contribution in [0.15, 0.2) is 97.2 Å². The highest BCUT2D eigenvalue weighted by atomic mass is 16.7. The summed E-state index contributed by atoms with van der Waals surface area (Å²) in [6.45, 7) is 5.56. The molecule has 1 amide bonds. The number of rotatable bonds is 44. The number of aliphatic hydroxyl groups excluding tert-OH is 5. The molecule has 1 saturated heterocycles. The first-order valence-electron chi connectivity index (χ1n) is 27.6. The molecule has 0 aromatic rings. The number of carbonyl (C=O) groups is 2. The summed E-state index contributed by atoms with van der Waals surface area (Å²) in [6.07, 6.45) is 50.2. The molecule has 0 aromatic heterocycles. The van der Waals surface area contributed by atoms with E-state index in [-0.39, 0.29) is 19.4 Å². The first-order valence-corrected chi connectivity index (χ1v) is 27.6. The zero-order valence-corrected chi connectivity index (χ0v) is 43.8. The molecule has 70 heavy (non-hydrogen) atoms. The van der Waals surface area contributed by atoms with Gasteiger partial charge in [0.15, 0.2) is 12.4 Å². The minimum Gasteiger partial charge on any atom is -0.454 e. The lowest BCUT2D eigenvalue weighted by molar-refractivity contribution is -0.305. The van der Waals surface area contributed by atoms with Gasteiger partial charge in [0.25, 0.3) is 0 Å². The second-order valence-corrected chi connectivity index (χ2v) is 18.7. The Labute approximate surface area is 425 Å². The molecule has 0 saturated carbocycles. The van der Waals surface area contributed by atoms with Gasteiger partial charge in [0.05, 0.1) is 25.4 Å². The van der Waals surface area contributed by atoms with Gasteiger partial charge in [0.1, 0.15) is 24.4 Å². The monoisotopic (exact) mass is 982 g/mol. The van der Waals surface area contributed by atoms with Crippen LogP contribution in [0.3, 0.4) is 0 Å². The number of esters is 1. The van der Waals surface area contributed by atoms with E-state index in [0.29, 0.717) is 12.8 Å². The minimum atomic E-state index is -1.63. The number of aliphatic hydroxyl groups is 5. The molecule has 1 fully saturated rings. The molecule has 400 valence electrons. The molecule has 11 heteroatoms. The van der Waals surface area contributed by atoms with Crippen molar-refractivity contribution in [2.45, 2.75) is 250 Å². The number of allylic oxidation sites excluding steroid dienone is 15. The Morgan fingerprint density at radius 3 is 1.59 bits per heavy atom. The van der Waals surface area contributed by atoms with Crippen molar-refractivity contribution in [3.8, 4) is 0 Å². The summed E-state index contributed by atoms with van der Waals surface area (Å²) in [5.74, 6) is -1.27. The van der Waals surface area contributed by atoms with E-state index in [0.717, 1.165) is 70.6 Å². The van der Waals surface area contributed by atoms with Crippen molar-refractivity contribution in [2.24, 2.45) is 0 Å². The van der Waals surface area contributed by atoms with Gasteiger partial charge in [-0.15, -0.1) is 0 Å². The second-order valence-electron chi connectivity index (χ2n) is 18.7. The first kappa shape index (κ1) is 64.6. The Bertz CT molecular complexity index is 1500. The van der Waals surface area contributed by atoms with Crippen LogP contribution >= 0.6 is 0 Å². The van der Waals surface area contributed by atoms with Crippen LogP contribution in [0.1, 0.15) is 201 Å². The van der Waals surface area contributed by atoms with Gasteiger partial charge in [-0.3, -0.25) is 9.59 Å². The van der Waals surface area contributed by atoms with E-state index in [2.05, 4.69) is 44.3 Å². The molecule has 6 N–H and O–H groups in total. The van der Waals surface area contributed by atoms with Gasteiger partial charge in [0.2, 0.25) is 5.91 Å². The average molecular weight is 982 g/mol. The maximum atomic E-state index is 13.3. The van der Waals surface area contributed by atoms with E-state index < -0.39 is 67.4 Å². The van der Waals surface area contributed by atoms with Crippen LogP contribution in [0.2, 0.25) is 0 Å². The van der Waals surface area contributed by atoms with Gasteiger partial charge in [-0.2, -0.15) is 0 Å². The van der Waals surface area contributed by atoms with Gasteiger partial charge in [-0.1, -0.05) is 221 Å². The number of hydrogen-bond acceptors (Lipinski definition) is 10. The van der Waals surface area contributed by atoms with E-state index in [9.17, 15) is 35.1 Å². The van der Waals surface area contributed by atoms with Crippen LogP contribution in [0.4, 0.5) is 0 Å². The van der Waals surface area contributed by atoms with E-state index in [1.165, 1.54) is 83.5 Å². The van der Waals surface area contributed by atoms with Crippen molar-refractivity contribution in [3.05, 3.63) is 97.2 Å². The maximum absolute atomic E-state index is 13.3. The van der Waals surface area contributed by atoms with E-state index >= 15 is 0 Å². The largest absolute Gasteiger partial charge is 0.454 e. The van der Waals surface area contributed by atoms with Crippen molar-refractivity contribution >= 4 is 11.9 Å². The quantitative estimate of drug-likeness (QED) is 0.0149. The topological polar surface area (TPSA) is 175 Å². The third kappa shape index (κ3) is 34.8. The summed E-state index contributed by atoms with van der Waals surface area (Å²) in [5.41, 5.74) is 0. The molecule has 1 aliphatic heterocycles. The van der Waals surface area contributed by atoms with Crippen molar-refractivity contribution in [1.29, 1.82) is 0 Å². The SMILES string of the molecule is CC\C=C/C=C/C=C/C=C\C=C\C=C\CCCCC(O)C(=O)NC(COC1OC(CO)C(O)C(O)C1OC(=O)CCCCC/C=C\CCCCCCCC)C(O)/C=C/CCCCCCCCCCCC. The predicted octanol–water partition coefficient (Wildman–Crippen LogP) is 12.0. The normalized spacial score (nSPS) is 20.5. The number of nitrogens with one attached hydrogen (secondary N) is 1. The lowest BCUT2D eigenvalue weighted by Crippen LogP contribution is -2.61. The highest BCUT2D eigenvalue weighted by Gasteiger charge is 2.47. The summed E-state index contributed by atoms with van der Waals surface area (Å²) < 4.78 is 17.5. The van der Waals surface area contributed by atoms with Gasteiger partial charge >= 0.3 is 5.97 Å². The van der Waals surface area contributed by atoms with Crippen molar-refractivity contribution in [1.82, 2.24) is 5.32 Å². The molecule has 0 radical (unpaired) electrons. The molecular formula is C59H99NO10. The van der Waals surface area contributed by atoms with Crippen LogP contribution in [-0.4, -0.2) is 99.6 Å². The summed E-state index contributed by atoms with van der Waals surface area (Å²) >= 11 is 0. The molecule has 0 aliphatic carbocycles. The minimum absolute atomic E-state index is 0.0925. The lowest BCUT2D eigenvalue weighted by atomic mass is 9.99. The van der Waals surface area contributed by atoms with Crippen LogP contribution in [0, 0.1) is 0 Å². The fraction of sp³-hybridized carbons (Fsp3) is 0.695. The molecule has 8 atom stereocenters. The van der Waals surface area contributed by atoms with E-state index in [4.69, 9.17) is 14.2 Å². The van der Waals surface area contributed by atoms with Gasteiger partial charge in [-0.25, -0.2) is 0 Å². The highest BCUT2D eigenvalue weighted by molar-refractivity contribution is 5.80. The number of amides is 1. The Balaban J connectivity index is 2.82.